The number of aromatic carboxylic acids is 1. The maximum atomic E-state index is 13.3. The van der Waals surface area contributed by atoms with Crippen LogP contribution in [0.1, 0.15) is 23.2 Å². The number of aryl methyl sites for hydroxylation is 1. The monoisotopic (exact) mass is 293 g/mol. The summed E-state index contributed by atoms with van der Waals surface area (Å²) in [6.07, 6.45) is 2.90. The largest absolute Gasteiger partial charge is 0.477 e. The van der Waals surface area contributed by atoms with Gasteiger partial charge in [-0.05, 0) is 31.0 Å². The van der Waals surface area contributed by atoms with Crippen LogP contribution >= 0.6 is 0 Å². The number of rotatable bonds is 6. The van der Waals surface area contributed by atoms with Gasteiger partial charge in [0.25, 0.3) is 0 Å². The molecule has 0 spiro atoms. The molecule has 5 nitrogen and oxygen atoms in total. The maximum absolute atomic E-state index is 13.3. The summed E-state index contributed by atoms with van der Waals surface area (Å²) in [7, 11) is 1.61. The summed E-state index contributed by atoms with van der Waals surface area (Å²) in [5, 5.41) is 9.19. The molecule has 0 unspecified atom stereocenters. The van der Waals surface area contributed by atoms with Crippen molar-refractivity contribution in [2.24, 2.45) is 0 Å². The molecule has 21 heavy (non-hydrogen) atoms. The van der Waals surface area contributed by atoms with E-state index in [0.29, 0.717) is 18.7 Å². The Labute approximate surface area is 120 Å². The minimum Gasteiger partial charge on any atom is -0.477 e. The van der Waals surface area contributed by atoms with Gasteiger partial charge in [-0.2, -0.15) is 0 Å². The van der Waals surface area contributed by atoms with Gasteiger partial charge in [0.15, 0.2) is 0 Å². The first-order valence-corrected chi connectivity index (χ1v) is 6.59. The first-order chi connectivity index (χ1) is 10.0. The Hall–Kier alpha value is -2.21. The number of nitrogens with zero attached hydrogens (tertiary/aromatic N) is 1. The minimum absolute atomic E-state index is 0.0849. The molecule has 2 aromatic rings. The normalized spacial score (nSPS) is 11.0. The Morgan fingerprint density at radius 3 is 2.81 bits per heavy atom. The number of fused-ring (bicyclic) bond motifs is 1. The number of methoxy groups -OCH3 is 1. The topological polar surface area (TPSA) is 68.5 Å². The van der Waals surface area contributed by atoms with E-state index in [4.69, 9.17) is 9.84 Å². The Morgan fingerprint density at radius 1 is 1.38 bits per heavy atom. The van der Waals surface area contributed by atoms with Crippen molar-refractivity contribution in [2.75, 3.05) is 13.7 Å². The van der Waals surface area contributed by atoms with Crippen LogP contribution in [0.2, 0.25) is 0 Å². The van der Waals surface area contributed by atoms with Gasteiger partial charge in [-0.3, -0.25) is 4.79 Å². The van der Waals surface area contributed by atoms with Crippen LogP contribution in [0.5, 0.6) is 0 Å². The minimum atomic E-state index is -1.31. The van der Waals surface area contributed by atoms with E-state index in [1.165, 1.54) is 18.3 Å². The molecule has 1 aromatic carbocycles. The summed E-state index contributed by atoms with van der Waals surface area (Å²) in [4.78, 5) is 23.2. The molecule has 0 saturated heterocycles. The molecule has 0 amide bonds. The second-order valence-electron chi connectivity index (χ2n) is 4.73. The molecule has 0 atom stereocenters. The van der Waals surface area contributed by atoms with E-state index in [-0.39, 0.29) is 10.9 Å². The van der Waals surface area contributed by atoms with Gasteiger partial charge in [0, 0.05) is 31.8 Å². The second-order valence-corrected chi connectivity index (χ2v) is 4.73. The fourth-order valence-corrected chi connectivity index (χ4v) is 2.24. The molecule has 2 rings (SSSR count). The fourth-order valence-electron chi connectivity index (χ4n) is 2.24. The van der Waals surface area contributed by atoms with E-state index in [1.807, 2.05) is 0 Å². The van der Waals surface area contributed by atoms with Crippen LogP contribution in [0.25, 0.3) is 10.9 Å². The van der Waals surface area contributed by atoms with Crippen LogP contribution in [-0.4, -0.2) is 29.4 Å². The lowest BCUT2D eigenvalue weighted by atomic mass is 10.1. The van der Waals surface area contributed by atoms with Crippen molar-refractivity contribution >= 4 is 16.9 Å². The van der Waals surface area contributed by atoms with E-state index >= 15 is 0 Å². The lowest BCUT2D eigenvalue weighted by molar-refractivity contribution is 0.0694. The number of aromatic nitrogens is 1. The number of pyridine rings is 1. The summed E-state index contributed by atoms with van der Waals surface area (Å²) in [6.45, 7) is 1.14. The zero-order valence-corrected chi connectivity index (χ0v) is 11.6. The van der Waals surface area contributed by atoms with Gasteiger partial charge in [-0.1, -0.05) is 0 Å². The summed E-state index contributed by atoms with van der Waals surface area (Å²) in [5.74, 6) is -1.87. The lowest BCUT2D eigenvalue weighted by Gasteiger charge is -2.12. The standard InChI is InChI=1S/C15H16FNO4/c1-21-7-3-2-6-17-9-12(15(19)20)14(18)11-8-10(16)4-5-13(11)17/h4-5,8-9H,2-3,6-7H2,1H3,(H,19,20). The van der Waals surface area contributed by atoms with Crippen molar-refractivity contribution < 1.29 is 19.0 Å². The Bertz CT molecular complexity index is 723. The number of carboxylic acids is 1. The number of carboxylic acid groups (broad SMARTS) is 1. The van der Waals surface area contributed by atoms with Crippen LogP contribution in [0, 0.1) is 5.82 Å². The zero-order chi connectivity index (χ0) is 15.4. The number of hydrogen-bond acceptors (Lipinski definition) is 3. The third-order valence-corrected chi connectivity index (χ3v) is 3.27. The number of halogens is 1. The molecule has 0 fully saturated rings. The maximum Gasteiger partial charge on any atom is 0.341 e. The Morgan fingerprint density at radius 2 is 2.14 bits per heavy atom. The van der Waals surface area contributed by atoms with Crippen LogP contribution < -0.4 is 5.43 Å². The Kier molecular flexibility index (Phi) is 4.70. The third kappa shape index (κ3) is 3.28. The second kappa shape index (κ2) is 6.49. The number of carbonyl (C=O) groups is 1. The summed E-state index contributed by atoms with van der Waals surface area (Å²) < 4.78 is 20.0. The van der Waals surface area contributed by atoms with Gasteiger partial charge in [-0.15, -0.1) is 0 Å². The molecular weight excluding hydrogens is 277 g/mol. The van der Waals surface area contributed by atoms with Crippen molar-refractivity contribution in [2.45, 2.75) is 19.4 Å². The highest BCUT2D eigenvalue weighted by Gasteiger charge is 2.14. The lowest BCUT2D eigenvalue weighted by Crippen LogP contribution is -2.19. The van der Waals surface area contributed by atoms with Crippen molar-refractivity contribution in [3.63, 3.8) is 0 Å². The number of hydrogen-bond donors (Lipinski definition) is 1. The fraction of sp³-hybridized carbons (Fsp3) is 0.333. The van der Waals surface area contributed by atoms with Crippen LogP contribution in [0.3, 0.4) is 0 Å². The highest BCUT2D eigenvalue weighted by Crippen LogP contribution is 2.15. The smallest absolute Gasteiger partial charge is 0.341 e. The molecule has 6 heteroatoms. The Balaban J connectivity index is 2.50. The third-order valence-electron chi connectivity index (χ3n) is 3.27. The molecule has 1 heterocycles. The predicted octanol–water partition coefficient (Wildman–Crippen LogP) is 2.27. The molecular formula is C15H16FNO4. The summed E-state index contributed by atoms with van der Waals surface area (Å²) in [5.41, 5.74) is -0.478. The van der Waals surface area contributed by atoms with Gasteiger partial charge in [-0.25, -0.2) is 9.18 Å². The molecule has 1 N–H and O–H groups in total. The zero-order valence-electron chi connectivity index (χ0n) is 11.6. The van der Waals surface area contributed by atoms with E-state index in [9.17, 15) is 14.0 Å². The van der Waals surface area contributed by atoms with Crippen LogP contribution in [0.15, 0.2) is 29.2 Å². The van der Waals surface area contributed by atoms with Crippen molar-refractivity contribution in [3.8, 4) is 0 Å². The van der Waals surface area contributed by atoms with Crippen molar-refractivity contribution in [3.05, 3.63) is 46.0 Å². The molecule has 0 bridgehead atoms. The number of benzene rings is 1. The first-order valence-electron chi connectivity index (χ1n) is 6.59. The van der Waals surface area contributed by atoms with Crippen molar-refractivity contribution in [1.29, 1.82) is 0 Å². The highest BCUT2D eigenvalue weighted by molar-refractivity contribution is 5.92. The van der Waals surface area contributed by atoms with Crippen LogP contribution in [0.4, 0.5) is 4.39 Å². The summed E-state index contributed by atoms with van der Waals surface area (Å²) in [6, 6.07) is 3.83. The van der Waals surface area contributed by atoms with Gasteiger partial charge in [0.05, 0.1) is 5.52 Å². The van der Waals surface area contributed by atoms with E-state index in [2.05, 4.69) is 0 Å². The van der Waals surface area contributed by atoms with Gasteiger partial charge in [0.1, 0.15) is 11.4 Å². The average molecular weight is 293 g/mol. The molecule has 0 radical (unpaired) electrons. The highest BCUT2D eigenvalue weighted by atomic mass is 19.1. The average Bonchev–Trinajstić information content (AvgIpc) is 2.45. The molecule has 0 aliphatic heterocycles. The number of ether oxygens (including phenoxy) is 1. The molecule has 0 saturated carbocycles. The van der Waals surface area contributed by atoms with Gasteiger partial charge >= 0.3 is 5.97 Å². The molecule has 1 aromatic heterocycles. The van der Waals surface area contributed by atoms with E-state index in [1.54, 1.807) is 11.7 Å². The predicted molar refractivity (Wildman–Crippen MR) is 76.2 cm³/mol. The van der Waals surface area contributed by atoms with Gasteiger partial charge in [0.2, 0.25) is 5.43 Å². The summed E-state index contributed by atoms with van der Waals surface area (Å²) >= 11 is 0. The van der Waals surface area contributed by atoms with Crippen molar-refractivity contribution in [1.82, 2.24) is 4.57 Å². The van der Waals surface area contributed by atoms with Gasteiger partial charge < -0.3 is 14.4 Å². The molecule has 0 aliphatic carbocycles. The molecule has 0 aliphatic rings. The van der Waals surface area contributed by atoms with Crippen LogP contribution in [-0.2, 0) is 11.3 Å². The first kappa shape index (κ1) is 15.2. The molecule has 112 valence electrons. The van der Waals surface area contributed by atoms with E-state index in [0.717, 1.165) is 18.9 Å². The quantitative estimate of drug-likeness (QED) is 0.830. The SMILES string of the molecule is COCCCCn1cc(C(=O)O)c(=O)c2cc(F)ccc21. The number of unbranched alkanes of at least 4 members (excludes halogenated alkanes) is 1. The van der Waals surface area contributed by atoms with E-state index < -0.39 is 17.2 Å².